The molecule has 0 aliphatic carbocycles. The van der Waals surface area contributed by atoms with Crippen molar-refractivity contribution in [2.24, 2.45) is 5.73 Å². The van der Waals surface area contributed by atoms with E-state index < -0.39 is 0 Å². The van der Waals surface area contributed by atoms with E-state index in [-0.39, 0.29) is 0 Å². The second kappa shape index (κ2) is 4.70. The predicted octanol–water partition coefficient (Wildman–Crippen LogP) is 2.24. The second-order valence-corrected chi connectivity index (χ2v) is 4.50. The van der Waals surface area contributed by atoms with E-state index in [1.807, 2.05) is 18.2 Å². The van der Waals surface area contributed by atoms with Crippen LogP contribution in [-0.4, -0.2) is 18.2 Å². The number of hydrogen-bond donors (Lipinski definition) is 1. The van der Waals surface area contributed by atoms with Crippen LogP contribution in [0.25, 0.3) is 0 Å². The van der Waals surface area contributed by atoms with Crippen molar-refractivity contribution in [3.8, 4) is 11.5 Å². The molecule has 0 bridgehead atoms. The minimum atomic E-state index is 0.313. The van der Waals surface area contributed by atoms with E-state index >= 15 is 0 Å². The SMILES string of the molecule is CC(CC(N)=S)c1ccc2c(c1)OCCO2. The van der Waals surface area contributed by atoms with E-state index in [1.54, 1.807) is 0 Å². The molecular formula is C12H15NO2S. The number of ether oxygens (including phenoxy) is 2. The molecule has 1 aromatic carbocycles. The standard InChI is InChI=1S/C12H15NO2S/c1-8(6-12(13)16)9-2-3-10-11(7-9)15-5-4-14-10/h2-3,7-8H,4-6H2,1H3,(H2,13,16). The Balaban J connectivity index is 2.19. The molecule has 0 aromatic heterocycles. The Kier molecular flexibility index (Phi) is 3.29. The third kappa shape index (κ3) is 2.44. The molecule has 4 heteroatoms. The first-order valence-electron chi connectivity index (χ1n) is 5.34. The van der Waals surface area contributed by atoms with Crippen LogP contribution in [0.4, 0.5) is 0 Å². The molecule has 0 saturated heterocycles. The quantitative estimate of drug-likeness (QED) is 0.819. The van der Waals surface area contributed by atoms with Crippen LogP contribution in [-0.2, 0) is 0 Å². The Hall–Kier alpha value is -1.29. The van der Waals surface area contributed by atoms with Crippen molar-refractivity contribution < 1.29 is 9.47 Å². The molecule has 16 heavy (non-hydrogen) atoms. The smallest absolute Gasteiger partial charge is 0.161 e. The molecule has 2 N–H and O–H groups in total. The average Bonchev–Trinajstić information content (AvgIpc) is 2.27. The fourth-order valence-corrected chi connectivity index (χ4v) is 2.04. The lowest BCUT2D eigenvalue weighted by atomic mass is 9.97. The topological polar surface area (TPSA) is 44.5 Å². The van der Waals surface area contributed by atoms with Crippen LogP contribution < -0.4 is 15.2 Å². The highest BCUT2D eigenvalue weighted by atomic mass is 32.1. The lowest BCUT2D eigenvalue weighted by molar-refractivity contribution is 0.171. The highest BCUT2D eigenvalue weighted by Gasteiger charge is 2.14. The number of fused-ring (bicyclic) bond motifs is 1. The highest BCUT2D eigenvalue weighted by molar-refractivity contribution is 7.80. The minimum Gasteiger partial charge on any atom is -0.486 e. The monoisotopic (exact) mass is 237 g/mol. The molecule has 3 nitrogen and oxygen atoms in total. The zero-order valence-corrected chi connectivity index (χ0v) is 10.0. The van der Waals surface area contributed by atoms with Gasteiger partial charge in [-0.3, -0.25) is 0 Å². The lowest BCUT2D eigenvalue weighted by Gasteiger charge is -2.20. The summed E-state index contributed by atoms with van der Waals surface area (Å²) in [6, 6.07) is 5.99. The van der Waals surface area contributed by atoms with Gasteiger partial charge < -0.3 is 15.2 Å². The third-order valence-corrected chi connectivity index (χ3v) is 2.81. The fourth-order valence-electron chi connectivity index (χ4n) is 1.79. The van der Waals surface area contributed by atoms with Gasteiger partial charge in [0, 0.05) is 6.42 Å². The maximum atomic E-state index is 5.54. The molecule has 1 aromatic rings. The Bertz CT molecular complexity index is 406. The number of benzene rings is 1. The third-order valence-electron chi connectivity index (χ3n) is 2.64. The molecule has 0 amide bonds. The first-order valence-corrected chi connectivity index (χ1v) is 5.75. The first-order chi connectivity index (χ1) is 7.66. The van der Waals surface area contributed by atoms with E-state index in [9.17, 15) is 0 Å². The van der Waals surface area contributed by atoms with Crippen LogP contribution >= 0.6 is 12.2 Å². The summed E-state index contributed by atoms with van der Waals surface area (Å²) in [7, 11) is 0. The molecule has 1 atom stereocenters. The molecule has 1 heterocycles. The molecule has 86 valence electrons. The van der Waals surface area contributed by atoms with Crippen LogP contribution in [0.3, 0.4) is 0 Å². The summed E-state index contributed by atoms with van der Waals surface area (Å²) in [5.41, 5.74) is 6.72. The Labute approximate surface area is 101 Å². The van der Waals surface area contributed by atoms with Crippen molar-refractivity contribution in [3.63, 3.8) is 0 Å². The van der Waals surface area contributed by atoms with Gasteiger partial charge in [-0.25, -0.2) is 0 Å². The van der Waals surface area contributed by atoms with Crippen molar-refractivity contribution in [1.29, 1.82) is 0 Å². The zero-order chi connectivity index (χ0) is 11.5. The molecule has 0 radical (unpaired) electrons. The van der Waals surface area contributed by atoms with Gasteiger partial charge >= 0.3 is 0 Å². The zero-order valence-electron chi connectivity index (χ0n) is 9.23. The first kappa shape index (κ1) is 11.2. The normalized spacial score (nSPS) is 15.6. The Morgan fingerprint density at radius 3 is 2.75 bits per heavy atom. The molecule has 0 fully saturated rings. The summed E-state index contributed by atoms with van der Waals surface area (Å²) >= 11 is 4.91. The van der Waals surface area contributed by atoms with Crippen molar-refractivity contribution >= 4 is 17.2 Å². The van der Waals surface area contributed by atoms with E-state index in [1.165, 1.54) is 5.56 Å². The van der Waals surface area contributed by atoms with E-state index in [0.717, 1.165) is 17.9 Å². The van der Waals surface area contributed by atoms with Crippen molar-refractivity contribution in [2.45, 2.75) is 19.3 Å². The largest absolute Gasteiger partial charge is 0.486 e. The van der Waals surface area contributed by atoms with Gasteiger partial charge in [-0.2, -0.15) is 0 Å². The molecule has 1 aliphatic rings. The van der Waals surface area contributed by atoms with E-state index in [0.29, 0.717) is 24.1 Å². The van der Waals surface area contributed by atoms with Crippen LogP contribution in [0, 0.1) is 0 Å². The average molecular weight is 237 g/mol. The van der Waals surface area contributed by atoms with Crippen molar-refractivity contribution in [2.75, 3.05) is 13.2 Å². The van der Waals surface area contributed by atoms with Gasteiger partial charge in [-0.05, 0) is 23.6 Å². The van der Waals surface area contributed by atoms with E-state index in [4.69, 9.17) is 27.4 Å². The van der Waals surface area contributed by atoms with Gasteiger partial charge in [-0.15, -0.1) is 0 Å². The lowest BCUT2D eigenvalue weighted by Crippen LogP contribution is -2.16. The van der Waals surface area contributed by atoms with Crippen molar-refractivity contribution in [1.82, 2.24) is 0 Å². The molecular weight excluding hydrogens is 222 g/mol. The van der Waals surface area contributed by atoms with Crippen LogP contribution in [0.2, 0.25) is 0 Å². The van der Waals surface area contributed by atoms with Crippen molar-refractivity contribution in [3.05, 3.63) is 23.8 Å². The highest BCUT2D eigenvalue weighted by Crippen LogP contribution is 2.33. The second-order valence-electron chi connectivity index (χ2n) is 3.97. The molecule has 1 aliphatic heterocycles. The van der Waals surface area contributed by atoms with Crippen LogP contribution in [0.1, 0.15) is 24.8 Å². The Morgan fingerprint density at radius 2 is 2.06 bits per heavy atom. The van der Waals surface area contributed by atoms with Gasteiger partial charge in [-0.1, -0.05) is 25.2 Å². The molecule has 0 saturated carbocycles. The van der Waals surface area contributed by atoms with E-state index in [2.05, 4.69) is 6.92 Å². The molecule has 1 unspecified atom stereocenters. The summed E-state index contributed by atoms with van der Waals surface area (Å²) < 4.78 is 11.0. The number of thiocarbonyl (C=S) groups is 1. The number of nitrogens with two attached hydrogens (primary N) is 1. The van der Waals surface area contributed by atoms with Gasteiger partial charge in [0.05, 0.1) is 4.99 Å². The number of rotatable bonds is 3. The van der Waals surface area contributed by atoms with Gasteiger partial charge in [0.1, 0.15) is 13.2 Å². The van der Waals surface area contributed by atoms with Crippen LogP contribution in [0.15, 0.2) is 18.2 Å². The summed E-state index contributed by atoms with van der Waals surface area (Å²) in [5.74, 6) is 1.95. The fraction of sp³-hybridized carbons (Fsp3) is 0.417. The summed E-state index contributed by atoms with van der Waals surface area (Å²) in [5, 5.41) is 0. The molecule has 2 rings (SSSR count). The Morgan fingerprint density at radius 1 is 1.38 bits per heavy atom. The summed E-state index contributed by atoms with van der Waals surface area (Å²) in [6.07, 6.45) is 0.717. The summed E-state index contributed by atoms with van der Waals surface area (Å²) in [4.78, 5) is 0.544. The maximum Gasteiger partial charge on any atom is 0.161 e. The predicted molar refractivity (Wildman–Crippen MR) is 67.2 cm³/mol. The number of hydrogen-bond acceptors (Lipinski definition) is 3. The van der Waals surface area contributed by atoms with Gasteiger partial charge in [0.25, 0.3) is 0 Å². The van der Waals surface area contributed by atoms with Crippen LogP contribution in [0.5, 0.6) is 11.5 Å². The van der Waals surface area contributed by atoms with Gasteiger partial charge in [0.15, 0.2) is 11.5 Å². The van der Waals surface area contributed by atoms with Gasteiger partial charge in [0.2, 0.25) is 0 Å². The minimum absolute atomic E-state index is 0.313. The summed E-state index contributed by atoms with van der Waals surface area (Å²) in [6.45, 7) is 3.33. The maximum absolute atomic E-state index is 5.54. The molecule has 0 spiro atoms.